The van der Waals surface area contributed by atoms with Gasteiger partial charge in [0.1, 0.15) is 5.75 Å². The Morgan fingerprint density at radius 1 is 0.902 bits per heavy atom. The number of carbonyl (C=O) groups excluding carboxylic acids is 2. The Balaban J connectivity index is 1.34. The zero-order chi connectivity index (χ0) is 29.5. The molecule has 0 aliphatic carbocycles. The topological polar surface area (TPSA) is 126 Å². The van der Waals surface area contributed by atoms with E-state index in [1.807, 2.05) is 0 Å². The van der Waals surface area contributed by atoms with Crippen molar-refractivity contribution in [3.05, 3.63) is 83.9 Å². The van der Waals surface area contributed by atoms with E-state index in [2.05, 4.69) is 20.7 Å². The molecule has 9 nitrogen and oxygen atoms in total. The quantitative estimate of drug-likeness (QED) is 0.281. The first-order chi connectivity index (χ1) is 19.5. The molecule has 2 amide bonds. The van der Waals surface area contributed by atoms with Crippen molar-refractivity contribution < 1.29 is 35.9 Å². The SMILES string of the molecule is O=C(CNC(=O)c1ccc(S(=O)(=O)Nc2ccccc2Oc2ccc(C(F)(F)F)cc2)cc1)NCC1CCNCC1. The molecular weight excluding hydrogens is 561 g/mol. The second-order valence-corrected chi connectivity index (χ2v) is 11.1. The van der Waals surface area contributed by atoms with Gasteiger partial charge in [-0.1, -0.05) is 12.1 Å². The lowest BCUT2D eigenvalue weighted by Gasteiger charge is -2.22. The number of piperidine rings is 1. The number of amides is 2. The molecule has 0 unspecified atom stereocenters. The third-order valence-corrected chi connectivity index (χ3v) is 7.81. The predicted octanol–water partition coefficient (Wildman–Crippen LogP) is 4.14. The van der Waals surface area contributed by atoms with Crippen molar-refractivity contribution in [2.75, 3.05) is 30.9 Å². The van der Waals surface area contributed by atoms with Gasteiger partial charge in [-0.15, -0.1) is 0 Å². The molecule has 218 valence electrons. The first kappa shape index (κ1) is 29.9. The maximum absolute atomic E-state index is 13.0. The number of anilines is 1. The minimum Gasteiger partial charge on any atom is -0.455 e. The fourth-order valence-electron chi connectivity index (χ4n) is 4.14. The molecule has 1 fully saturated rings. The molecule has 1 aliphatic heterocycles. The molecule has 0 atom stereocenters. The summed E-state index contributed by atoms with van der Waals surface area (Å²) in [5.41, 5.74) is -0.613. The van der Waals surface area contributed by atoms with E-state index in [0.29, 0.717) is 12.5 Å². The summed E-state index contributed by atoms with van der Waals surface area (Å²) in [7, 11) is -4.12. The number of halogens is 3. The van der Waals surface area contributed by atoms with E-state index in [-0.39, 0.29) is 40.1 Å². The van der Waals surface area contributed by atoms with Gasteiger partial charge in [-0.05, 0) is 92.5 Å². The average molecular weight is 591 g/mol. The maximum Gasteiger partial charge on any atom is 0.416 e. The monoisotopic (exact) mass is 590 g/mol. The van der Waals surface area contributed by atoms with Gasteiger partial charge in [-0.3, -0.25) is 14.3 Å². The van der Waals surface area contributed by atoms with Gasteiger partial charge in [-0.25, -0.2) is 8.42 Å². The van der Waals surface area contributed by atoms with Crippen molar-refractivity contribution in [2.24, 2.45) is 5.92 Å². The molecule has 1 saturated heterocycles. The summed E-state index contributed by atoms with van der Waals surface area (Å²) < 4.78 is 72.5. The highest BCUT2D eigenvalue weighted by molar-refractivity contribution is 7.92. The molecular formula is C28H29F3N4O5S. The highest BCUT2D eigenvalue weighted by Crippen LogP contribution is 2.34. The zero-order valence-electron chi connectivity index (χ0n) is 21.8. The Morgan fingerprint density at radius 2 is 1.56 bits per heavy atom. The molecule has 3 aromatic rings. The largest absolute Gasteiger partial charge is 0.455 e. The molecule has 1 aliphatic rings. The smallest absolute Gasteiger partial charge is 0.416 e. The molecule has 1 heterocycles. The fourth-order valence-corrected chi connectivity index (χ4v) is 5.21. The minimum atomic E-state index is -4.50. The fraction of sp³-hybridized carbons (Fsp3) is 0.286. The molecule has 4 N–H and O–H groups in total. The molecule has 0 saturated carbocycles. The van der Waals surface area contributed by atoms with Gasteiger partial charge in [0.05, 0.1) is 22.7 Å². The van der Waals surface area contributed by atoms with Gasteiger partial charge < -0.3 is 20.7 Å². The first-order valence-electron chi connectivity index (χ1n) is 12.8. The Morgan fingerprint density at radius 3 is 2.22 bits per heavy atom. The molecule has 0 spiro atoms. The summed E-state index contributed by atoms with van der Waals surface area (Å²) in [6, 6.07) is 15.2. The summed E-state index contributed by atoms with van der Waals surface area (Å²) in [6.45, 7) is 2.18. The van der Waals surface area contributed by atoms with Crippen LogP contribution in [0.25, 0.3) is 0 Å². The Labute approximate surface area is 235 Å². The van der Waals surface area contributed by atoms with Crippen LogP contribution in [0.15, 0.2) is 77.7 Å². The number of hydrogen-bond donors (Lipinski definition) is 4. The van der Waals surface area contributed by atoms with Crippen LogP contribution in [0.4, 0.5) is 18.9 Å². The number of ether oxygens (including phenoxy) is 1. The summed E-state index contributed by atoms with van der Waals surface area (Å²) in [6.07, 6.45) is -2.54. The second kappa shape index (κ2) is 13.0. The lowest BCUT2D eigenvalue weighted by Crippen LogP contribution is -2.40. The van der Waals surface area contributed by atoms with Crippen molar-refractivity contribution >= 4 is 27.5 Å². The summed E-state index contributed by atoms with van der Waals surface area (Å²) >= 11 is 0. The third-order valence-electron chi connectivity index (χ3n) is 6.42. The minimum absolute atomic E-state index is 0.0599. The van der Waals surface area contributed by atoms with E-state index in [4.69, 9.17) is 4.74 Å². The Hall–Kier alpha value is -4.10. The number of carbonyl (C=O) groups is 2. The Bertz CT molecular complexity index is 1460. The van der Waals surface area contributed by atoms with E-state index < -0.39 is 27.7 Å². The number of nitrogens with one attached hydrogen (secondary N) is 4. The van der Waals surface area contributed by atoms with Crippen molar-refractivity contribution in [1.82, 2.24) is 16.0 Å². The zero-order valence-corrected chi connectivity index (χ0v) is 22.6. The van der Waals surface area contributed by atoms with Crippen LogP contribution in [0.1, 0.15) is 28.8 Å². The summed E-state index contributed by atoms with van der Waals surface area (Å²) in [5.74, 6) is -0.278. The normalized spacial score (nSPS) is 14.2. The van der Waals surface area contributed by atoms with E-state index in [1.165, 1.54) is 36.4 Å². The lowest BCUT2D eigenvalue weighted by atomic mass is 9.98. The number of para-hydroxylation sites is 2. The van der Waals surface area contributed by atoms with E-state index >= 15 is 0 Å². The number of hydrogen-bond acceptors (Lipinski definition) is 6. The Kier molecular flexibility index (Phi) is 9.50. The van der Waals surface area contributed by atoms with Crippen molar-refractivity contribution in [2.45, 2.75) is 23.9 Å². The first-order valence-corrected chi connectivity index (χ1v) is 14.3. The van der Waals surface area contributed by atoms with Crippen LogP contribution in [0, 0.1) is 5.92 Å². The van der Waals surface area contributed by atoms with E-state index in [0.717, 1.165) is 50.2 Å². The summed E-state index contributed by atoms with van der Waals surface area (Å²) in [4.78, 5) is 24.4. The van der Waals surface area contributed by atoms with Crippen molar-refractivity contribution in [3.63, 3.8) is 0 Å². The molecule has 0 bridgehead atoms. The summed E-state index contributed by atoms with van der Waals surface area (Å²) in [5, 5.41) is 8.59. The van der Waals surface area contributed by atoms with Crippen LogP contribution in [0.5, 0.6) is 11.5 Å². The standard InChI is InChI=1S/C28H29F3N4O5S/c29-28(30,31)21-7-9-22(10-8-21)40-25-4-2-1-3-24(25)35-41(38,39)23-11-5-20(6-12-23)27(37)34-18-26(36)33-17-19-13-15-32-16-14-19/h1-12,19,32,35H,13-18H2,(H,33,36)(H,34,37). The van der Waals surface area contributed by atoms with Crippen LogP contribution in [-0.4, -0.2) is 46.4 Å². The molecule has 0 aromatic heterocycles. The van der Waals surface area contributed by atoms with Gasteiger partial charge in [-0.2, -0.15) is 13.2 Å². The van der Waals surface area contributed by atoms with Crippen LogP contribution >= 0.6 is 0 Å². The van der Waals surface area contributed by atoms with Crippen molar-refractivity contribution in [3.8, 4) is 11.5 Å². The number of benzene rings is 3. The molecule has 41 heavy (non-hydrogen) atoms. The van der Waals surface area contributed by atoms with Gasteiger partial charge in [0.2, 0.25) is 5.91 Å². The molecule has 13 heteroatoms. The second-order valence-electron chi connectivity index (χ2n) is 9.43. The highest BCUT2D eigenvalue weighted by atomic mass is 32.2. The lowest BCUT2D eigenvalue weighted by molar-refractivity contribution is -0.137. The van der Waals surface area contributed by atoms with Crippen LogP contribution < -0.4 is 25.4 Å². The van der Waals surface area contributed by atoms with Crippen molar-refractivity contribution in [1.29, 1.82) is 0 Å². The molecule has 3 aromatic carbocycles. The third kappa shape index (κ3) is 8.44. The van der Waals surface area contributed by atoms with Gasteiger partial charge >= 0.3 is 6.18 Å². The number of sulfonamides is 1. The molecule has 0 radical (unpaired) electrons. The van der Waals surface area contributed by atoms with E-state index in [1.54, 1.807) is 12.1 Å². The van der Waals surface area contributed by atoms with E-state index in [9.17, 15) is 31.2 Å². The van der Waals surface area contributed by atoms with Gasteiger partial charge in [0.25, 0.3) is 15.9 Å². The van der Waals surface area contributed by atoms with Gasteiger partial charge in [0.15, 0.2) is 5.75 Å². The number of rotatable bonds is 10. The molecule has 4 rings (SSSR count). The average Bonchev–Trinajstić information content (AvgIpc) is 2.96. The highest BCUT2D eigenvalue weighted by Gasteiger charge is 2.30. The van der Waals surface area contributed by atoms with Crippen LogP contribution in [-0.2, 0) is 21.0 Å². The van der Waals surface area contributed by atoms with Gasteiger partial charge in [0, 0.05) is 12.1 Å². The van der Waals surface area contributed by atoms with Crippen LogP contribution in [0.2, 0.25) is 0 Å². The maximum atomic E-state index is 13.0. The predicted molar refractivity (Wildman–Crippen MR) is 146 cm³/mol. The number of alkyl halides is 3. The van der Waals surface area contributed by atoms with Crippen LogP contribution in [0.3, 0.4) is 0 Å².